The van der Waals surface area contributed by atoms with Gasteiger partial charge in [-0.2, -0.15) is 0 Å². The highest BCUT2D eigenvalue weighted by atomic mass is 35.5. The van der Waals surface area contributed by atoms with E-state index in [1.54, 1.807) is 0 Å². The van der Waals surface area contributed by atoms with Crippen LogP contribution in [0.4, 0.5) is 0 Å². The number of halogens is 1. The van der Waals surface area contributed by atoms with Crippen molar-refractivity contribution in [1.82, 2.24) is 0 Å². The lowest BCUT2D eigenvalue weighted by atomic mass is 10.1. The number of aryl methyl sites for hydroxylation is 1. The number of ether oxygens (including phenoxy) is 1. The molecule has 0 spiro atoms. The van der Waals surface area contributed by atoms with Crippen LogP contribution in [0.2, 0.25) is 0 Å². The van der Waals surface area contributed by atoms with E-state index >= 15 is 0 Å². The summed E-state index contributed by atoms with van der Waals surface area (Å²) in [7, 11) is 0. The van der Waals surface area contributed by atoms with Crippen molar-refractivity contribution in [3.8, 4) is 5.75 Å². The van der Waals surface area contributed by atoms with E-state index < -0.39 is 0 Å². The van der Waals surface area contributed by atoms with Crippen LogP contribution in [0.5, 0.6) is 5.75 Å². The molecular formula is C22H30ClNO2. The first-order chi connectivity index (χ1) is 12.3. The summed E-state index contributed by atoms with van der Waals surface area (Å²) in [5, 5.41) is 0. The number of hydrogen-bond donors (Lipinski definition) is 0. The fourth-order valence-electron chi connectivity index (χ4n) is 2.88. The quantitative estimate of drug-likeness (QED) is 0.246. The lowest BCUT2D eigenvalue weighted by Crippen LogP contribution is -3.00. The van der Waals surface area contributed by atoms with Crippen LogP contribution in [-0.4, -0.2) is 5.97 Å². The summed E-state index contributed by atoms with van der Waals surface area (Å²) in [6.45, 7) is 1.12. The van der Waals surface area contributed by atoms with Crippen LogP contribution in [0.25, 0.3) is 0 Å². The first kappa shape index (κ1) is 22.2. The number of rotatable bonds is 12. The minimum Gasteiger partial charge on any atom is -1.00 e. The van der Waals surface area contributed by atoms with Crippen molar-refractivity contribution < 1.29 is 26.5 Å². The summed E-state index contributed by atoms with van der Waals surface area (Å²) in [5.41, 5.74) is 0. The maximum atomic E-state index is 11.7. The highest BCUT2D eigenvalue weighted by molar-refractivity contribution is 5.72. The highest BCUT2D eigenvalue weighted by Gasteiger charge is 2.04. The second-order valence-electron chi connectivity index (χ2n) is 6.48. The van der Waals surface area contributed by atoms with E-state index in [4.69, 9.17) is 4.74 Å². The molecule has 1 aromatic heterocycles. The molecule has 0 atom stereocenters. The fourth-order valence-corrected chi connectivity index (χ4v) is 2.88. The standard InChI is InChI=1S/C22H30NO2.ClH/c24-22(25-21-15-9-7-10-16-21)17-11-5-3-1-2-4-6-12-18-23-19-13-8-14-20-23;/h7-10,13-16,19-20H,1-6,11-12,17-18H2;1H/q+1;/p-1. The second kappa shape index (κ2) is 14.3. The van der Waals surface area contributed by atoms with E-state index in [0.717, 1.165) is 19.4 Å². The van der Waals surface area contributed by atoms with Gasteiger partial charge in [-0.3, -0.25) is 4.79 Å². The number of unbranched alkanes of at least 4 members (excludes halogenated alkanes) is 7. The Morgan fingerprint density at radius 1 is 0.731 bits per heavy atom. The molecule has 1 aromatic carbocycles. The topological polar surface area (TPSA) is 30.2 Å². The molecule has 2 rings (SSSR count). The Labute approximate surface area is 163 Å². The lowest BCUT2D eigenvalue weighted by molar-refractivity contribution is -0.697. The van der Waals surface area contributed by atoms with E-state index in [1.165, 1.54) is 38.5 Å². The molecule has 142 valence electrons. The number of benzene rings is 1. The second-order valence-corrected chi connectivity index (χ2v) is 6.48. The van der Waals surface area contributed by atoms with E-state index in [-0.39, 0.29) is 18.4 Å². The van der Waals surface area contributed by atoms with Gasteiger partial charge in [0.15, 0.2) is 12.4 Å². The SMILES string of the molecule is O=C(CCCCCCCCCC[n+]1ccccc1)Oc1ccccc1.[Cl-]. The van der Waals surface area contributed by atoms with Crippen LogP contribution in [0.3, 0.4) is 0 Å². The molecule has 0 amide bonds. The largest absolute Gasteiger partial charge is 1.00 e. The normalized spacial score (nSPS) is 10.2. The van der Waals surface area contributed by atoms with Gasteiger partial charge in [-0.1, -0.05) is 56.4 Å². The summed E-state index contributed by atoms with van der Waals surface area (Å²) >= 11 is 0. The molecule has 3 nitrogen and oxygen atoms in total. The molecule has 1 heterocycles. The Kier molecular flexibility index (Phi) is 12.2. The van der Waals surface area contributed by atoms with Gasteiger partial charge in [-0.15, -0.1) is 0 Å². The predicted octanol–water partition coefficient (Wildman–Crippen LogP) is 2.09. The van der Waals surface area contributed by atoms with Crippen LogP contribution in [0, 0.1) is 0 Å². The summed E-state index contributed by atoms with van der Waals surface area (Å²) < 4.78 is 7.53. The number of nitrogens with zero attached hydrogens (tertiary/aromatic N) is 1. The van der Waals surface area contributed by atoms with Gasteiger partial charge in [0.2, 0.25) is 0 Å². The molecule has 26 heavy (non-hydrogen) atoms. The first-order valence-electron chi connectivity index (χ1n) is 9.54. The van der Waals surface area contributed by atoms with Crippen molar-refractivity contribution in [3.05, 3.63) is 60.9 Å². The summed E-state index contributed by atoms with van der Waals surface area (Å²) in [6.07, 6.45) is 14.5. The fraction of sp³-hybridized carbons (Fsp3) is 0.455. The Morgan fingerprint density at radius 3 is 1.92 bits per heavy atom. The van der Waals surface area contributed by atoms with E-state index in [1.807, 2.05) is 30.3 Å². The third-order valence-corrected chi connectivity index (χ3v) is 4.30. The maximum absolute atomic E-state index is 11.7. The molecule has 0 bridgehead atoms. The number of aromatic nitrogens is 1. The molecule has 0 saturated carbocycles. The van der Waals surface area contributed by atoms with Gasteiger partial charge in [0, 0.05) is 25.0 Å². The minimum atomic E-state index is -0.121. The molecule has 0 saturated heterocycles. The van der Waals surface area contributed by atoms with Crippen molar-refractivity contribution in [2.24, 2.45) is 0 Å². The van der Waals surface area contributed by atoms with Gasteiger partial charge in [-0.05, 0) is 25.0 Å². The van der Waals surface area contributed by atoms with E-state index in [2.05, 4.69) is 35.2 Å². The summed E-state index contributed by atoms with van der Waals surface area (Å²) in [6, 6.07) is 15.5. The van der Waals surface area contributed by atoms with Crippen LogP contribution < -0.4 is 21.7 Å². The number of esters is 1. The van der Waals surface area contributed by atoms with Crippen molar-refractivity contribution in [2.45, 2.75) is 64.3 Å². The smallest absolute Gasteiger partial charge is 0.311 e. The molecule has 2 aromatic rings. The zero-order valence-electron chi connectivity index (χ0n) is 15.5. The molecular weight excluding hydrogens is 346 g/mol. The van der Waals surface area contributed by atoms with Gasteiger partial charge >= 0.3 is 5.97 Å². The Morgan fingerprint density at radius 2 is 1.27 bits per heavy atom. The number of carbonyl (C=O) groups excluding carboxylic acids is 1. The van der Waals surface area contributed by atoms with E-state index in [0.29, 0.717) is 12.2 Å². The van der Waals surface area contributed by atoms with Crippen LogP contribution in [0.1, 0.15) is 57.8 Å². The van der Waals surface area contributed by atoms with Gasteiger partial charge in [0.05, 0.1) is 0 Å². The lowest BCUT2D eigenvalue weighted by Gasteiger charge is -2.04. The Balaban J connectivity index is 0.00000338. The van der Waals surface area contributed by atoms with Gasteiger partial charge in [0.1, 0.15) is 12.3 Å². The predicted molar refractivity (Wildman–Crippen MR) is 100 cm³/mol. The maximum Gasteiger partial charge on any atom is 0.311 e. The molecule has 0 aliphatic carbocycles. The van der Waals surface area contributed by atoms with Crippen LogP contribution >= 0.6 is 0 Å². The monoisotopic (exact) mass is 375 g/mol. The van der Waals surface area contributed by atoms with Crippen molar-refractivity contribution in [3.63, 3.8) is 0 Å². The molecule has 0 radical (unpaired) electrons. The number of hydrogen-bond acceptors (Lipinski definition) is 2. The van der Waals surface area contributed by atoms with Gasteiger partial charge < -0.3 is 17.1 Å². The number of pyridine rings is 1. The molecule has 0 aliphatic heterocycles. The van der Waals surface area contributed by atoms with Crippen molar-refractivity contribution in [2.75, 3.05) is 0 Å². The minimum absolute atomic E-state index is 0. The number of para-hydroxylation sites is 1. The van der Waals surface area contributed by atoms with Crippen LogP contribution in [-0.2, 0) is 11.3 Å². The average molecular weight is 376 g/mol. The molecule has 0 N–H and O–H groups in total. The van der Waals surface area contributed by atoms with E-state index in [9.17, 15) is 4.79 Å². The van der Waals surface area contributed by atoms with Gasteiger partial charge in [-0.25, -0.2) is 4.57 Å². The van der Waals surface area contributed by atoms with Gasteiger partial charge in [0.25, 0.3) is 0 Å². The van der Waals surface area contributed by atoms with Crippen molar-refractivity contribution in [1.29, 1.82) is 0 Å². The average Bonchev–Trinajstić information content (AvgIpc) is 2.65. The first-order valence-corrected chi connectivity index (χ1v) is 9.54. The third kappa shape index (κ3) is 10.2. The highest BCUT2D eigenvalue weighted by Crippen LogP contribution is 2.12. The molecule has 0 aliphatic rings. The summed E-state index contributed by atoms with van der Waals surface area (Å²) in [5.74, 6) is 0.519. The van der Waals surface area contributed by atoms with Crippen molar-refractivity contribution >= 4 is 5.97 Å². The molecule has 0 fully saturated rings. The Hall–Kier alpha value is -1.87. The Bertz CT molecular complexity index is 590. The molecule has 0 unspecified atom stereocenters. The number of carbonyl (C=O) groups is 1. The third-order valence-electron chi connectivity index (χ3n) is 4.30. The molecule has 4 heteroatoms. The zero-order valence-corrected chi connectivity index (χ0v) is 16.2. The van der Waals surface area contributed by atoms with Crippen LogP contribution in [0.15, 0.2) is 60.9 Å². The zero-order chi connectivity index (χ0) is 17.6. The summed E-state index contributed by atoms with van der Waals surface area (Å²) in [4.78, 5) is 11.7.